The first-order valence-electron chi connectivity index (χ1n) is 7.81. The van der Waals surface area contributed by atoms with Crippen LogP contribution in [0.1, 0.15) is 33.3 Å². The van der Waals surface area contributed by atoms with E-state index >= 15 is 0 Å². The summed E-state index contributed by atoms with van der Waals surface area (Å²) in [5.74, 6) is 2.23. The lowest BCUT2D eigenvalue weighted by Crippen LogP contribution is -2.26. The number of aryl methyl sites for hydroxylation is 3. The van der Waals surface area contributed by atoms with Gasteiger partial charge in [0.2, 0.25) is 0 Å². The molecule has 3 aromatic rings. The fraction of sp³-hybridized carbons (Fsp3) is 0.353. The number of thioether (sulfide) groups is 1. The van der Waals surface area contributed by atoms with Crippen molar-refractivity contribution in [3.05, 3.63) is 53.1 Å². The third kappa shape index (κ3) is 3.79. The van der Waals surface area contributed by atoms with Gasteiger partial charge in [-0.15, -0.1) is 0 Å². The summed E-state index contributed by atoms with van der Waals surface area (Å²) in [6.07, 6.45) is 3.65. The molecule has 0 radical (unpaired) electrons. The Morgan fingerprint density at radius 2 is 2.16 bits per heavy atom. The Labute approximate surface area is 150 Å². The highest BCUT2D eigenvalue weighted by Gasteiger charge is 2.19. The molecule has 0 aliphatic carbocycles. The molecular weight excluding hydrogens is 340 g/mol. The zero-order valence-corrected chi connectivity index (χ0v) is 15.5. The second-order valence-corrected chi connectivity index (χ2v) is 6.78. The largest absolute Gasteiger partial charge is 0.455 e. The standard InChI is InChI=1S/C17H20N4O3S/c1-11-14(12(2)24-19-11)9-21(4)16(22)15-6-5-13(23-15)10-25-17-18-7-8-20(17)3/h5-8H,9-10H2,1-4H3. The molecule has 0 atom stereocenters. The van der Waals surface area contributed by atoms with Crippen LogP contribution < -0.4 is 0 Å². The van der Waals surface area contributed by atoms with Gasteiger partial charge in [0, 0.05) is 32.1 Å². The highest BCUT2D eigenvalue weighted by Crippen LogP contribution is 2.23. The molecule has 0 bridgehead atoms. The number of imidazole rings is 1. The van der Waals surface area contributed by atoms with E-state index in [0.717, 1.165) is 27.9 Å². The lowest BCUT2D eigenvalue weighted by atomic mass is 10.2. The zero-order valence-electron chi connectivity index (χ0n) is 14.6. The summed E-state index contributed by atoms with van der Waals surface area (Å²) in [4.78, 5) is 18.4. The molecule has 7 nitrogen and oxygen atoms in total. The fourth-order valence-corrected chi connectivity index (χ4v) is 3.25. The van der Waals surface area contributed by atoms with Crippen molar-refractivity contribution in [3.8, 4) is 0 Å². The van der Waals surface area contributed by atoms with Gasteiger partial charge in [0.05, 0.1) is 18.0 Å². The van der Waals surface area contributed by atoms with E-state index in [-0.39, 0.29) is 5.91 Å². The maximum atomic E-state index is 12.6. The van der Waals surface area contributed by atoms with E-state index in [9.17, 15) is 4.79 Å². The molecule has 8 heteroatoms. The van der Waals surface area contributed by atoms with E-state index in [4.69, 9.17) is 8.94 Å². The van der Waals surface area contributed by atoms with E-state index in [1.165, 1.54) is 0 Å². The zero-order chi connectivity index (χ0) is 18.0. The number of nitrogens with zero attached hydrogens (tertiary/aromatic N) is 4. The number of aromatic nitrogens is 3. The van der Waals surface area contributed by atoms with Gasteiger partial charge in [0.15, 0.2) is 10.9 Å². The summed E-state index contributed by atoms with van der Waals surface area (Å²) in [6.45, 7) is 4.13. The normalized spacial score (nSPS) is 11.0. The topological polar surface area (TPSA) is 77.3 Å². The van der Waals surface area contributed by atoms with Crippen molar-refractivity contribution in [3.63, 3.8) is 0 Å². The Morgan fingerprint density at radius 3 is 2.80 bits per heavy atom. The predicted molar refractivity (Wildman–Crippen MR) is 93.3 cm³/mol. The molecule has 0 saturated carbocycles. The average molecular weight is 360 g/mol. The fourth-order valence-electron chi connectivity index (χ4n) is 2.42. The van der Waals surface area contributed by atoms with Crippen molar-refractivity contribution >= 4 is 17.7 Å². The van der Waals surface area contributed by atoms with E-state index in [1.807, 2.05) is 37.7 Å². The van der Waals surface area contributed by atoms with Crippen molar-refractivity contribution in [1.29, 1.82) is 0 Å². The van der Waals surface area contributed by atoms with Crippen molar-refractivity contribution < 1.29 is 13.7 Å². The second-order valence-electron chi connectivity index (χ2n) is 5.84. The first-order valence-corrected chi connectivity index (χ1v) is 8.80. The smallest absolute Gasteiger partial charge is 0.289 e. The average Bonchev–Trinajstić information content (AvgIpc) is 3.29. The van der Waals surface area contributed by atoms with E-state index in [0.29, 0.717) is 18.1 Å². The number of hydrogen-bond acceptors (Lipinski definition) is 6. The van der Waals surface area contributed by atoms with Gasteiger partial charge in [0.25, 0.3) is 5.91 Å². The van der Waals surface area contributed by atoms with Crippen LogP contribution in [0, 0.1) is 13.8 Å². The van der Waals surface area contributed by atoms with Crippen LogP contribution in [-0.2, 0) is 19.3 Å². The summed E-state index contributed by atoms with van der Waals surface area (Å²) >= 11 is 1.56. The minimum Gasteiger partial charge on any atom is -0.455 e. The van der Waals surface area contributed by atoms with E-state index in [2.05, 4.69) is 10.1 Å². The van der Waals surface area contributed by atoms with Crippen LogP contribution in [0.2, 0.25) is 0 Å². The number of rotatable bonds is 6. The second kappa shape index (κ2) is 7.18. The predicted octanol–water partition coefficient (Wildman–Crippen LogP) is 3.18. The lowest BCUT2D eigenvalue weighted by Gasteiger charge is -2.15. The van der Waals surface area contributed by atoms with Gasteiger partial charge < -0.3 is 18.4 Å². The summed E-state index contributed by atoms with van der Waals surface area (Å²) < 4.78 is 12.8. The molecule has 0 aliphatic rings. The quantitative estimate of drug-likeness (QED) is 0.628. The highest BCUT2D eigenvalue weighted by molar-refractivity contribution is 7.98. The van der Waals surface area contributed by atoms with Crippen LogP contribution in [0.15, 0.2) is 38.6 Å². The van der Waals surface area contributed by atoms with Crippen LogP contribution in [0.4, 0.5) is 0 Å². The van der Waals surface area contributed by atoms with Gasteiger partial charge in [-0.25, -0.2) is 4.98 Å². The van der Waals surface area contributed by atoms with Crippen LogP contribution in [0.25, 0.3) is 0 Å². The molecule has 1 amide bonds. The van der Waals surface area contributed by atoms with Crippen LogP contribution >= 0.6 is 11.8 Å². The Morgan fingerprint density at radius 1 is 1.36 bits per heavy atom. The van der Waals surface area contributed by atoms with Crippen LogP contribution in [-0.4, -0.2) is 32.6 Å². The van der Waals surface area contributed by atoms with E-state index < -0.39 is 0 Å². The van der Waals surface area contributed by atoms with Gasteiger partial charge in [-0.3, -0.25) is 4.79 Å². The molecule has 0 spiro atoms. The van der Waals surface area contributed by atoms with Gasteiger partial charge in [0.1, 0.15) is 11.5 Å². The summed E-state index contributed by atoms with van der Waals surface area (Å²) in [5, 5.41) is 4.82. The number of carbonyl (C=O) groups excluding carboxylic acids is 1. The summed E-state index contributed by atoms with van der Waals surface area (Å²) in [6, 6.07) is 3.54. The molecule has 3 heterocycles. The van der Waals surface area contributed by atoms with Gasteiger partial charge >= 0.3 is 0 Å². The van der Waals surface area contributed by atoms with Crippen LogP contribution in [0.3, 0.4) is 0 Å². The Hall–Kier alpha value is -2.48. The molecular formula is C17H20N4O3S. The molecule has 132 valence electrons. The lowest BCUT2D eigenvalue weighted by molar-refractivity contribution is 0.0751. The van der Waals surface area contributed by atoms with Gasteiger partial charge in [-0.2, -0.15) is 0 Å². The molecule has 0 N–H and O–H groups in total. The molecule has 0 aromatic carbocycles. The molecule has 0 saturated heterocycles. The number of carbonyl (C=O) groups is 1. The molecule has 3 rings (SSSR count). The molecule has 0 unspecified atom stereocenters. The number of furan rings is 1. The van der Waals surface area contributed by atoms with E-state index in [1.54, 1.807) is 36.0 Å². The molecule has 0 fully saturated rings. The van der Waals surface area contributed by atoms with Crippen molar-refractivity contribution in [2.75, 3.05) is 7.05 Å². The minimum atomic E-state index is -0.173. The summed E-state index contributed by atoms with van der Waals surface area (Å²) in [7, 11) is 3.68. The first-order chi connectivity index (χ1) is 12.0. The molecule has 25 heavy (non-hydrogen) atoms. The van der Waals surface area contributed by atoms with Gasteiger partial charge in [-0.05, 0) is 26.0 Å². The Bertz CT molecular complexity index is 861. The van der Waals surface area contributed by atoms with Crippen molar-refractivity contribution in [1.82, 2.24) is 19.6 Å². The first kappa shape index (κ1) is 17.3. The SMILES string of the molecule is Cc1noc(C)c1CN(C)C(=O)c1ccc(CSc2nccn2C)o1. The monoisotopic (exact) mass is 360 g/mol. The van der Waals surface area contributed by atoms with Gasteiger partial charge in [-0.1, -0.05) is 16.9 Å². The number of amides is 1. The third-order valence-corrected chi connectivity index (χ3v) is 5.00. The maximum absolute atomic E-state index is 12.6. The summed E-state index contributed by atoms with van der Waals surface area (Å²) in [5.41, 5.74) is 1.72. The Kier molecular flexibility index (Phi) is 4.98. The van der Waals surface area contributed by atoms with Crippen molar-refractivity contribution in [2.45, 2.75) is 31.3 Å². The molecule has 0 aliphatic heterocycles. The Balaban J connectivity index is 1.63. The number of hydrogen-bond donors (Lipinski definition) is 0. The highest BCUT2D eigenvalue weighted by atomic mass is 32.2. The third-order valence-electron chi connectivity index (χ3n) is 3.92. The minimum absolute atomic E-state index is 0.173. The van der Waals surface area contributed by atoms with Crippen LogP contribution in [0.5, 0.6) is 0 Å². The molecule has 3 aromatic heterocycles. The van der Waals surface area contributed by atoms with Crippen molar-refractivity contribution in [2.24, 2.45) is 7.05 Å². The maximum Gasteiger partial charge on any atom is 0.289 e.